The average Bonchev–Trinajstić information content (AvgIpc) is 3.39. The van der Waals surface area contributed by atoms with Gasteiger partial charge in [0.25, 0.3) is 5.56 Å². The second-order valence-electron chi connectivity index (χ2n) is 9.70. The fourth-order valence-electron chi connectivity index (χ4n) is 5.38. The van der Waals surface area contributed by atoms with Crippen molar-refractivity contribution in [3.05, 3.63) is 69.2 Å². The Hall–Kier alpha value is -2.66. The van der Waals surface area contributed by atoms with Crippen LogP contribution in [0.25, 0.3) is 16.6 Å². The van der Waals surface area contributed by atoms with E-state index in [0.717, 1.165) is 56.2 Å². The van der Waals surface area contributed by atoms with Crippen molar-refractivity contribution in [2.45, 2.75) is 78.2 Å². The zero-order valence-electron chi connectivity index (χ0n) is 21.1. The summed E-state index contributed by atoms with van der Waals surface area (Å²) >= 11 is 6.25. The highest BCUT2D eigenvalue weighted by Gasteiger charge is 2.34. The lowest BCUT2D eigenvalue weighted by atomic mass is 10.0. The summed E-state index contributed by atoms with van der Waals surface area (Å²) < 4.78 is 1.72. The SMILES string of the molecule is CCCCCN(C(=O)C1CCCC1)C(CC)c1nc2ccccc2c(=O)n1-c1ccc(Cl)cc1C. The van der Waals surface area contributed by atoms with Crippen LogP contribution in [0.4, 0.5) is 0 Å². The van der Waals surface area contributed by atoms with Gasteiger partial charge < -0.3 is 4.90 Å². The molecule has 1 aliphatic carbocycles. The molecular weight excluding hydrogens is 458 g/mol. The molecule has 3 aromatic rings. The van der Waals surface area contributed by atoms with Gasteiger partial charge in [0.15, 0.2) is 0 Å². The molecule has 0 bridgehead atoms. The largest absolute Gasteiger partial charge is 0.332 e. The summed E-state index contributed by atoms with van der Waals surface area (Å²) in [5.74, 6) is 0.917. The first-order valence-corrected chi connectivity index (χ1v) is 13.4. The Morgan fingerprint density at radius 3 is 2.57 bits per heavy atom. The molecule has 6 heteroatoms. The van der Waals surface area contributed by atoms with Gasteiger partial charge in [-0.3, -0.25) is 14.2 Å². The minimum Gasteiger partial charge on any atom is -0.332 e. The van der Waals surface area contributed by atoms with Gasteiger partial charge in [0.2, 0.25) is 5.91 Å². The van der Waals surface area contributed by atoms with E-state index in [0.29, 0.717) is 34.7 Å². The van der Waals surface area contributed by atoms with Gasteiger partial charge in [-0.15, -0.1) is 0 Å². The lowest BCUT2D eigenvalue weighted by Crippen LogP contribution is -2.41. The average molecular weight is 494 g/mol. The Morgan fingerprint density at radius 2 is 1.89 bits per heavy atom. The predicted octanol–water partition coefficient (Wildman–Crippen LogP) is 7.01. The molecule has 2 aromatic carbocycles. The number of carbonyl (C=O) groups is 1. The Labute approximate surface area is 213 Å². The normalized spacial score (nSPS) is 15.0. The Balaban J connectivity index is 1.91. The third-order valence-corrected chi connectivity index (χ3v) is 7.49. The standard InChI is InChI=1S/C29H36ClN3O2/c1-4-6-11-18-32(28(34)21-12-7-8-13-21)25(5-2)27-31-24-15-10-9-14-23(24)29(35)33(27)26-17-16-22(30)19-20(26)3/h9-10,14-17,19,21,25H,4-8,11-13,18H2,1-3H3. The molecule has 5 nitrogen and oxygen atoms in total. The highest BCUT2D eigenvalue weighted by Crippen LogP contribution is 2.33. The smallest absolute Gasteiger partial charge is 0.266 e. The second-order valence-corrected chi connectivity index (χ2v) is 10.1. The number of fused-ring (bicyclic) bond motifs is 1. The number of halogens is 1. The number of para-hydroxylation sites is 1. The van der Waals surface area contributed by atoms with Crippen LogP contribution in [0, 0.1) is 12.8 Å². The van der Waals surface area contributed by atoms with E-state index in [1.54, 1.807) is 10.6 Å². The van der Waals surface area contributed by atoms with Crippen LogP contribution in [0.15, 0.2) is 47.3 Å². The molecule has 4 rings (SSSR count). The molecule has 0 radical (unpaired) electrons. The Morgan fingerprint density at radius 1 is 1.14 bits per heavy atom. The molecule has 1 saturated carbocycles. The number of rotatable bonds is 9. The van der Waals surface area contributed by atoms with Crippen LogP contribution in [-0.4, -0.2) is 26.9 Å². The minimum atomic E-state index is -0.285. The summed E-state index contributed by atoms with van der Waals surface area (Å²) in [7, 11) is 0. The van der Waals surface area contributed by atoms with Crippen LogP contribution in [0.1, 0.15) is 82.6 Å². The van der Waals surface area contributed by atoms with E-state index in [9.17, 15) is 9.59 Å². The molecule has 1 fully saturated rings. The van der Waals surface area contributed by atoms with Crippen molar-refractivity contribution in [2.24, 2.45) is 5.92 Å². The van der Waals surface area contributed by atoms with Gasteiger partial charge in [0, 0.05) is 17.5 Å². The van der Waals surface area contributed by atoms with Crippen LogP contribution >= 0.6 is 11.6 Å². The van der Waals surface area contributed by atoms with Gasteiger partial charge in [-0.25, -0.2) is 4.98 Å². The zero-order valence-corrected chi connectivity index (χ0v) is 21.9. The van der Waals surface area contributed by atoms with E-state index in [1.807, 2.05) is 48.2 Å². The summed E-state index contributed by atoms with van der Waals surface area (Å²) in [6, 6.07) is 12.7. The molecule has 0 N–H and O–H groups in total. The summed E-state index contributed by atoms with van der Waals surface area (Å²) in [5, 5.41) is 1.19. The first kappa shape index (κ1) is 25.4. The number of unbranched alkanes of at least 4 members (excludes halogenated alkanes) is 2. The number of carbonyl (C=O) groups excluding carboxylic acids is 1. The van der Waals surface area contributed by atoms with Gasteiger partial charge in [-0.1, -0.05) is 63.3 Å². The van der Waals surface area contributed by atoms with Gasteiger partial charge >= 0.3 is 0 Å². The maximum atomic E-state index is 13.9. The van der Waals surface area contributed by atoms with E-state index in [2.05, 4.69) is 13.8 Å². The van der Waals surface area contributed by atoms with Crippen molar-refractivity contribution in [2.75, 3.05) is 6.54 Å². The number of amides is 1. The van der Waals surface area contributed by atoms with Crippen molar-refractivity contribution < 1.29 is 4.79 Å². The fraction of sp³-hybridized carbons (Fsp3) is 0.483. The second kappa shape index (κ2) is 11.4. The monoisotopic (exact) mass is 493 g/mol. The van der Waals surface area contributed by atoms with E-state index in [1.165, 1.54) is 0 Å². The first-order chi connectivity index (χ1) is 17.0. The van der Waals surface area contributed by atoms with Crippen LogP contribution in [-0.2, 0) is 4.79 Å². The third-order valence-electron chi connectivity index (χ3n) is 7.25. The molecule has 0 spiro atoms. The number of aryl methyl sites for hydroxylation is 1. The number of aromatic nitrogens is 2. The van der Waals surface area contributed by atoms with E-state index in [4.69, 9.17) is 16.6 Å². The van der Waals surface area contributed by atoms with Gasteiger partial charge in [-0.2, -0.15) is 0 Å². The van der Waals surface area contributed by atoms with Gasteiger partial charge in [0.1, 0.15) is 5.82 Å². The maximum Gasteiger partial charge on any atom is 0.266 e. The molecule has 1 atom stereocenters. The lowest BCUT2D eigenvalue weighted by Gasteiger charge is -2.34. The summed E-state index contributed by atoms with van der Waals surface area (Å²) in [4.78, 5) is 34.8. The zero-order chi connectivity index (χ0) is 24.9. The molecular formula is C29H36ClN3O2. The number of benzene rings is 2. The van der Waals surface area contributed by atoms with Crippen molar-refractivity contribution in [1.82, 2.24) is 14.5 Å². The number of hydrogen-bond donors (Lipinski definition) is 0. The van der Waals surface area contributed by atoms with Crippen molar-refractivity contribution in [3.63, 3.8) is 0 Å². The molecule has 1 unspecified atom stereocenters. The van der Waals surface area contributed by atoms with E-state index < -0.39 is 0 Å². The van der Waals surface area contributed by atoms with Crippen LogP contribution in [0.3, 0.4) is 0 Å². The lowest BCUT2D eigenvalue weighted by molar-refractivity contribution is -0.138. The van der Waals surface area contributed by atoms with Crippen LogP contribution in [0.5, 0.6) is 0 Å². The fourth-order valence-corrected chi connectivity index (χ4v) is 5.60. The summed E-state index contributed by atoms with van der Waals surface area (Å²) in [6.07, 6.45) is 7.91. The Bertz CT molecular complexity index is 1250. The predicted molar refractivity (Wildman–Crippen MR) is 143 cm³/mol. The van der Waals surface area contributed by atoms with E-state index in [-0.39, 0.29) is 23.4 Å². The number of nitrogens with zero attached hydrogens (tertiary/aromatic N) is 3. The molecule has 1 amide bonds. The number of hydrogen-bond acceptors (Lipinski definition) is 3. The maximum absolute atomic E-state index is 13.9. The summed E-state index contributed by atoms with van der Waals surface area (Å²) in [5.41, 5.74) is 2.20. The molecule has 35 heavy (non-hydrogen) atoms. The topological polar surface area (TPSA) is 55.2 Å². The van der Waals surface area contributed by atoms with Crippen molar-refractivity contribution >= 4 is 28.4 Å². The van der Waals surface area contributed by atoms with Crippen molar-refractivity contribution in [3.8, 4) is 5.69 Å². The van der Waals surface area contributed by atoms with E-state index >= 15 is 0 Å². The molecule has 0 saturated heterocycles. The van der Waals surface area contributed by atoms with Gasteiger partial charge in [-0.05, 0) is 68.5 Å². The molecule has 186 valence electrons. The third kappa shape index (κ3) is 5.30. The van der Waals surface area contributed by atoms with Crippen LogP contribution in [0.2, 0.25) is 5.02 Å². The molecule has 1 aliphatic rings. The highest BCUT2D eigenvalue weighted by atomic mass is 35.5. The first-order valence-electron chi connectivity index (χ1n) is 13.0. The quantitative estimate of drug-likeness (QED) is 0.301. The highest BCUT2D eigenvalue weighted by molar-refractivity contribution is 6.30. The summed E-state index contributed by atoms with van der Waals surface area (Å²) in [6.45, 7) is 6.90. The molecule has 0 aliphatic heterocycles. The van der Waals surface area contributed by atoms with Gasteiger partial charge in [0.05, 0.1) is 22.6 Å². The van der Waals surface area contributed by atoms with Crippen molar-refractivity contribution in [1.29, 1.82) is 0 Å². The minimum absolute atomic E-state index is 0.0728. The molecule has 1 aromatic heterocycles. The van der Waals surface area contributed by atoms with Crippen LogP contribution < -0.4 is 5.56 Å². The Kier molecular flexibility index (Phi) is 8.27. The molecule has 1 heterocycles.